The van der Waals surface area contributed by atoms with Gasteiger partial charge in [-0.25, -0.2) is 0 Å². The summed E-state index contributed by atoms with van der Waals surface area (Å²) in [5, 5.41) is 0. The van der Waals surface area contributed by atoms with Crippen molar-refractivity contribution >= 4 is 32.2 Å². The topological polar surface area (TPSA) is 0 Å². The van der Waals surface area contributed by atoms with Crippen molar-refractivity contribution in [3.05, 3.63) is 0 Å². The first-order valence-electron chi connectivity index (χ1n) is 1.73. The van der Waals surface area contributed by atoms with Crippen LogP contribution in [0.15, 0.2) is 0 Å². The summed E-state index contributed by atoms with van der Waals surface area (Å²) in [4.78, 5) is 7.13. The Kier molecular flexibility index (Phi) is 9.60. The van der Waals surface area contributed by atoms with Crippen molar-refractivity contribution in [3.8, 4) is 0 Å². The third kappa shape index (κ3) is 41.0. The van der Waals surface area contributed by atoms with Crippen molar-refractivity contribution in [2.45, 2.75) is 14.8 Å². The molecule has 0 aromatic carbocycles. The van der Waals surface area contributed by atoms with Crippen molar-refractivity contribution in [3.63, 3.8) is 0 Å². The van der Waals surface area contributed by atoms with Gasteiger partial charge in [-0.15, -0.1) is 12.4 Å². The zero-order chi connectivity index (χ0) is 3.58. The Morgan fingerprint density at radius 1 is 1.00 bits per heavy atom. The summed E-state index contributed by atoms with van der Waals surface area (Å²) < 4.78 is 0. The summed E-state index contributed by atoms with van der Waals surface area (Å²) >= 11 is -0.637. The van der Waals surface area contributed by atoms with Crippen molar-refractivity contribution in [1.29, 1.82) is 0 Å². The first kappa shape index (κ1) is 9.43. The maximum atomic E-state index is 2.38. The van der Waals surface area contributed by atoms with E-state index in [4.69, 9.17) is 0 Å². The van der Waals surface area contributed by atoms with Crippen molar-refractivity contribution < 1.29 is 0 Å². The van der Waals surface area contributed by atoms with E-state index in [9.17, 15) is 0 Å². The van der Waals surface area contributed by atoms with Gasteiger partial charge in [-0.3, -0.25) is 0 Å². The van der Waals surface area contributed by atoms with E-state index in [1.807, 2.05) is 0 Å². The van der Waals surface area contributed by atoms with Gasteiger partial charge in [-0.1, -0.05) is 0 Å². The quantitative estimate of drug-likeness (QED) is 0.521. The SMILES string of the molecule is Cl.[CH3][SnH]([CH3])[CH3]. The van der Waals surface area contributed by atoms with Crippen LogP contribution in [-0.2, 0) is 0 Å². The monoisotopic (exact) mass is 202 g/mol. The molecule has 0 fully saturated rings. The summed E-state index contributed by atoms with van der Waals surface area (Å²) in [7, 11) is 0. The van der Waals surface area contributed by atoms with Gasteiger partial charge < -0.3 is 0 Å². The van der Waals surface area contributed by atoms with E-state index in [0.29, 0.717) is 0 Å². The number of hydrogen-bond donors (Lipinski definition) is 0. The first-order valence-corrected chi connectivity index (χ1v) is 11.6. The number of halogens is 1. The van der Waals surface area contributed by atoms with Crippen LogP contribution < -0.4 is 0 Å². The molecule has 0 heterocycles. The molecule has 0 saturated carbocycles. The van der Waals surface area contributed by atoms with Crippen LogP contribution in [0.3, 0.4) is 0 Å². The van der Waals surface area contributed by atoms with Gasteiger partial charge in [-0.05, 0) is 0 Å². The molecule has 0 aliphatic heterocycles. The van der Waals surface area contributed by atoms with Crippen LogP contribution in [0.4, 0.5) is 0 Å². The zero-order valence-corrected chi connectivity index (χ0v) is 8.10. The Labute approximate surface area is 47.1 Å². The molecule has 0 rings (SSSR count). The minimum atomic E-state index is -0.637. The fourth-order valence-corrected chi connectivity index (χ4v) is 0. The van der Waals surface area contributed by atoms with E-state index in [1.54, 1.807) is 0 Å². The van der Waals surface area contributed by atoms with E-state index in [-0.39, 0.29) is 12.4 Å². The molecule has 0 radical (unpaired) electrons. The van der Waals surface area contributed by atoms with Gasteiger partial charge in [0.25, 0.3) is 0 Å². The molecule has 0 aliphatic carbocycles. The number of hydrogen-bond acceptors (Lipinski definition) is 0. The van der Waals surface area contributed by atoms with E-state index < -0.39 is 19.8 Å². The van der Waals surface area contributed by atoms with Crippen LogP contribution in [0.2, 0.25) is 14.8 Å². The Hall–Kier alpha value is 1.09. The van der Waals surface area contributed by atoms with Crippen molar-refractivity contribution in [1.82, 2.24) is 0 Å². The second-order valence-electron chi connectivity index (χ2n) is 1.73. The minimum absolute atomic E-state index is 0. The second kappa shape index (κ2) is 5.09. The predicted octanol–water partition coefficient (Wildman–Crippen LogP) is 1.52. The van der Waals surface area contributed by atoms with Crippen molar-refractivity contribution in [2.24, 2.45) is 0 Å². The molecule has 0 spiro atoms. The van der Waals surface area contributed by atoms with E-state index in [2.05, 4.69) is 14.8 Å². The normalized spacial score (nSPS) is 7.20. The molecule has 0 aromatic heterocycles. The molecule has 34 valence electrons. The maximum absolute atomic E-state index is 2.38. The summed E-state index contributed by atoms with van der Waals surface area (Å²) in [6, 6.07) is 0. The average molecular weight is 201 g/mol. The van der Waals surface area contributed by atoms with Crippen LogP contribution >= 0.6 is 12.4 Å². The van der Waals surface area contributed by atoms with E-state index in [1.165, 1.54) is 0 Å². The predicted molar refractivity (Wildman–Crippen MR) is 32.0 cm³/mol. The van der Waals surface area contributed by atoms with Crippen LogP contribution in [0.5, 0.6) is 0 Å². The van der Waals surface area contributed by atoms with Crippen LogP contribution in [0.25, 0.3) is 0 Å². The van der Waals surface area contributed by atoms with E-state index >= 15 is 0 Å². The molecule has 0 unspecified atom stereocenters. The molecule has 2 heteroatoms. The molecule has 0 atom stereocenters. The fourth-order valence-electron chi connectivity index (χ4n) is 0. The zero-order valence-electron chi connectivity index (χ0n) is 3.99. The van der Waals surface area contributed by atoms with Gasteiger partial charge in [0.1, 0.15) is 0 Å². The molecule has 0 amide bonds. The van der Waals surface area contributed by atoms with Crippen LogP contribution in [0, 0.1) is 0 Å². The average Bonchev–Trinajstić information content (AvgIpc) is 0.811. The van der Waals surface area contributed by atoms with E-state index in [0.717, 1.165) is 0 Å². The molecule has 0 nitrogen and oxygen atoms in total. The Morgan fingerprint density at radius 3 is 1.00 bits per heavy atom. The van der Waals surface area contributed by atoms with Gasteiger partial charge in [-0.2, -0.15) is 0 Å². The summed E-state index contributed by atoms with van der Waals surface area (Å²) in [5.41, 5.74) is 0. The first-order chi connectivity index (χ1) is 1.73. The van der Waals surface area contributed by atoms with Gasteiger partial charge in [0, 0.05) is 0 Å². The van der Waals surface area contributed by atoms with Gasteiger partial charge in [0.15, 0.2) is 0 Å². The third-order valence-corrected chi connectivity index (χ3v) is 0. The van der Waals surface area contributed by atoms with Crippen molar-refractivity contribution in [2.75, 3.05) is 0 Å². The molecule has 0 saturated heterocycles. The molecule has 0 N–H and O–H groups in total. The third-order valence-electron chi connectivity index (χ3n) is 0. The fraction of sp³-hybridized carbons (Fsp3) is 1.00. The molecule has 0 aromatic rings. The Bertz CT molecular complexity index is 11.6. The molecule has 5 heavy (non-hydrogen) atoms. The molecular formula is C3H11ClSn. The Balaban J connectivity index is 0. The molecule has 0 aliphatic rings. The molecular weight excluding hydrogens is 190 g/mol. The molecule has 0 bridgehead atoms. The Morgan fingerprint density at radius 2 is 1.00 bits per heavy atom. The van der Waals surface area contributed by atoms with Crippen LogP contribution in [0.1, 0.15) is 0 Å². The second-order valence-corrected chi connectivity index (χ2v) is 11.6. The van der Waals surface area contributed by atoms with Crippen LogP contribution in [-0.4, -0.2) is 19.8 Å². The summed E-state index contributed by atoms with van der Waals surface area (Å²) in [5.74, 6) is 0. The standard InChI is InChI=1S/3CH3.ClH.Sn.H/h3*1H3;1H;;. The number of rotatable bonds is 0. The van der Waals surface area contributed by atoms with Gasteiger partial charge in [0.2, 0.25) is 0 Å². The van der Waals surface area contributed by atoms with Gasteiger partial charge >= 0.3 is 34.6 Å². The summed E-state index contributed by atoms with van der Waals surface area (Å²) in [6.07, 6.45) is 0. The van der Waals surface area contributed by atoms with Gasteiger partial charge in [0.05, 0.1) is 0 Å². The summed E-state index contributed by atoms with van der Waals surface area (Å²) in [6.45, 7) is 0.